The van der Waals surface area contributed by atoms with Gasteiger partial charge in [-0.2, -0.15) is 5.26 Å². The number of rotatable bonds is 2. The van der Waals surface area contributed by atoms with E-state index in [1.807, 2.05) is 11.0 Å². The van der Waals surface area contributed by atoms with Gasteiger partial charge in [-0.05, 0) is 19.1 Å². The normalized spacial score (nSPS) is 21.4. The molecule has 1 aliphatic heterocycles. The third-order valence-electron chi connectivity index (χ3n) is 3.00. The summed E-state index contributed by atoms with van der Waals surface area (Å²) in [6.45, 7) is 2.93. The molecule has 1 fully saturated rings. The minimum Gasteiger partial charge on any atom is -0.389 e. The van der Waals surface area contributed by atoms with Crippen molar-refractivity contribution < 1.29 is 14.2 Å². The zero-order valence-electron chi connectivity index (χ0n) is 10.1. The first-order chi connectivity index (χ1) is 8.63. The Balaban J connectivity index is 2.33. The molecule has 1 heterocycles. The van der Waals surface area contributed by atoms with Gasteiger partial charge in [0.25, 0.3) is 0 Å². The van der Waals surface area contributed by atoms with Gasteiger partial charge < -0.3 is 14.7 Å². The molecule has 0 saturated carbocycles. The first kappa shape index (κ1) is 12.8. The summed E-state index contributed by atoms with van der Waals surface area (Å²) >= 11 is 0. The van der Waals surface area contributed by atoms with Gasteiger partial charge in [-0.25, -0.2) is 4.39 Å². The molecule has 1 unspecified atom stereocenters. The average molecular weight is 250 g/mol. The molecule has 4 nitrogen and oxygen atoms in total. The van der Waals surface area contributed by atoms with E-state index in [-0.39, 0.29) is 5.56 Å². The van der Waals surface area contributed by atoms with Gasteiger partial charge in [-0.15, -0.1) is 0 Å². The number of aliphatic hydroxyl groups is 1. The molecule has 0 bridgehead atoms. The number of benzene rings is 1. The lowest BCUT2D eigenvalue weighted by molar-refractivity contribution is 0.0761. The van der Waals surface area contributed by atoms with Gasteiger partial charge in [0.2, 0.25) is 0 Å². The molecule has 2 rings (SSSR count). The molecule has 96 valence electrons. The first-order valence-corrected chi connectivity index (χ1v) is 5.86. The third-order valence-corrected chi connectivity index (χ3v) is 3.00. The topological polar surface area (TPSA) is 56.5 Å². The summed E-state index contributed by atoms with van der Waals surface area (Å²) in [6, 6.07) is 6.73. The number of morpholine rings is 1. The summed E-state index contributed by atoms with van der Waals surface area (Å²) in [5, 5.41) is 18.5. The van der Waals surface area contributed by atoms with Gasteiger partial charge in [-0.1, -0.05) is 6.07 Å². The molecule has 0 spiro atoms. The maximum absolute atomic E-state index is 13.8. The number of halogens is 1. The fourth-order valence-corrected chi connectivity index (χ4v) is 2.16. The Hall–Kier alpha value is -1.64. The molecule has 1 aromatic rings. The van der Waals surface area contributed by atoms with Crippen molar-refractivity contribution in [2.75, 3.05) is 24.6 Å². The van der Waals surface area contributed by atoms with Crippen LogP contribution in [0.25, 0.3) is 0 Å². The summed E-state index contributed by atoms with van der Waals surface area (Å²) in [6.07, 6.45) is -1.39. The van der Waals surface area contributed by atoms with Crippen molar-refractivity contribution in [3.8, 4) is 6.07 Å². The van der Waals surface area contributed by atoms with Crippen LogP contribution < -0.4 is 4.90 Å². The van der Waals surface area contributed by atoms with Crippen molar-refractivity contribution in [1.82, 2.24) is 0 Å². The first-order valence-electron chi connectivity index (χ1n) is 5.86. The second-order valence-electron chi connectivity index (χ2n) is 4.28. The van der Waals surface area contributed by atoms with E-state index >= 15 is 0 Å². The minimum absolute atomic E-state index is 0.274. The van der Waals surface area contributed by atoms with Crippen LogP contribution in [0.5, 0.6) is 0 Å². The Kier molecular flexibility index (Phi) is 3.80. The molecular weight excluding hydrogens is 235 g/mol. The van der Waals surface area contributed by atoms with E-state index in [0.717, 1.165) is 0 Å². The molecule has 0 radical (unpaired) electrons. The molecule has 1 N–H and O–H groups in total. The SMILES string of the molecule is C[C@@H](O)c1c(F)cccc1N1CCOC(C#N)C1. The number of aliphatic hydroxyl groups excluding tert-OH is 1. The van der Waals surface area contributed by atoms with E-state index < -0.39 is 18.0 Å². The number of nitrogens with zero attached hydrogens (tertiary/aromatic N) is 2. The highest BCUT2D eigenvalue weighted by Crippen LogP contribution is 2.29. The third kappa shape index (κ3) is 2.45. The van der Waals surface area contributed by atoms with Crippen LogP contribution in [0.15, 0.2) is 18.2 Å². The summed E-state index contributed by atoms with van der Waals surface area (Å²) in [7, 11) is 0. The molecule has 1 aromatic carbocycles. The Labute approximate surface area is 105 Å². The Morgan fingerprint density at radius 2 is 2.39 bits per heavy atom. The van der Waals surface area contributed by atoms with Crippen molar-refractivity contribution in [3.63, 3.8) is 0 Å². The van der Waals surface area contributed by atoms with E-state index in [9.17, 15) is 9.50 Å². The van der Waals surface area contributed by atoms with Gasteiger partial charge in [0, 0.05) is 17.8 Å². The smallest absolute Gasteiger partial charge is 0.161 e. The highest BCUT2D eigenvalue weighted by Gasteiger charge is 2.24. The predicted molar refractivity (Wildman–Crippen MR) is 64.6 cm³/mol. The van der Waals surface area contributed by atoms with Crippen LogP contribution in [0.4, 0.5) is 10.1 Å². The van der Waals surface area contributed by atoms with E-state index in [4.69, 9.17) is 10.00 Å². The number of ether oxygens (including phenoxy) is 1. The van der Waals surface area contributed by atoms with Crippen LogP contribution >= 0.6 is 0 Å². The van der Waals surface area contributed by atoms with Crippen LogP contribution in [-0.4, -0.2) is 30.9 Å². The zero-order valence-corrected chi connectivity index (χ0v) is 10.1. The van der Waals surface area contributed by atoms with Crippen LogP contribution in [-0.2, 0) is 4.74 Å². The van der Waals surface area contributed by atoms with Gasteiger partial charge in [0.1, 0.15) is 5.82 Å². The second kappa shape index (κ2) is 5.34. The van der Waals surface area contributed by atoms with Gasteiger partial charge in [-0.3, -0.25) is 0 Å². The van der Waals surface area contributed by atoms with E-state index in [1.165, 1.54) is 13.0 Å². The number of anilines is 1. The lowest BCUT2D eigenvalue weighted by atomic mass is 10.1. The average Bonchev–Trinajstić information content (AvgIpc) is 2.38. The molecule has 0 aliphatic carbocycles. The van der Waals surface area contributed by atoms with Gasteiger partial charge in [0.15, 0.2) is 6.10 Å². The molecule has 5 heteroatoms. The molecule has 1 aliphatic rings. The lowest BCUT2D eigenvalue weighted by Crippen LogP contribution is -2.42. The van der Waals surface area contributed by atoms with Crippen molar-refractivity contribution in [2.24, 2.45) is 0 Å². The number of hydrogen-bond donors (Lipinski definition) is 1. The van der Waals surface area contributed by atoms with Crippen LogP contribution in [0.1, 0.15) is 18.6 Å². The standard InChI is InChI=1S/C13H15FN2O2/c1-9(17)13-11(14)3-2-4-12(13)16-5-6-18-10(7-15)8-16/h2-4,9-10,17H,5-6,8H2,1H3/t9-,10?/m1/s1. The zero-order chi connectivity index (χ0) is 13.1. The summed E-state index contributed by atoms with van der Waals surface area (Å²) < 4.78 is 19.0. The highest BCUT2D eigenvalue weighted by atomic mass is 19.1. The maximum atomic E-state index is 13.8. The Bertz CT molecular complexity index is 471. The molecule has 0 amide bonds. The van der Waals surface area contributed by atoms with Crippen molar-refractivity contribution in [2.45, 2.75) is 19.1 Å². The summed E-state index contributed by atoms with van der Waals surface area (Å²) in [5.74, 6) is -0.428. The van der Waals surface area contributed by atoms with Crippen LogP contribution in [0.2, 0.25) is 0 Å². The van der Waals surface area contributed by atoms with Crippen LogP contribution in [0.3, 0.4) is 0 Å². The summed E-state index contributed by atoms with van der Waals surface area (Å²) in [5.41, 5.74) is 0.907. The molecule has 18 heavy (non-hydrogen) atoms. The van der Waals surface area contributed by atoms with E-state index in [1.54, 1.807) is 12.1 Å². The highest BCUT2D eigenvalue weighted by molar-refractivity contribution is 5.55. The van der Waals surface area contributed by atoms with Gasteiger partial charge >= 0.3 is 0 Å². The van der Waals surface area contributed by atoms with Crippen molar-refractivity contribution >= 4 is 5.69 Å². The Morgan fingerprint density at radius 1 is 1.61 bits per heavy atom. The maximum Gasteiger partial charge on any atom is 0.161 e. The number of hydrogen-bond acceptors (Lipinski definition) is 4. The predicted octanol–water partition coefficient (Wildman–Crippen LogP) is 1.61. The van der Waals surface area contributed by atoms with Crippen LogP contribution in [0, 0.1) is 17.1 Å². The summed E-state index contributed by atoms with van der Waals surface area (Å²) in [4.78, 5) is 1.88. The fourth-order valence-electron chi connectivity index (χ4n) is 2.16. The largest absolute Gasteiger partial charge is 0.389 e. The lowest BCUT2D eigenvalue weighted by Gasteiger charge is -2.33. The monoisotopic (exact) mass is 250 g/mol. The van der Waals surface area contributed by atoms with E-state index in [2.05, 4.69) is 0 Å². The minimum atomic E-state index is -0.885. The second-order valence-corrected chi connectivity index (χ2v) is 4.28. The molecule has 0 aromatic heterocycles. The molecule has 2 atom stereocenters. The van der Waals surface area contributed by atoms with E-state index in [0.29, 0.717) is 25.4 Å². The van der Waals surface area contributed by atoms with Gasteiger partial charge in [0.05, 0.1) is 25.3 Å². The Morgan fingerprint density at radius 3 is 3.06 bits per heavy atom. The quantitative estimate of drug-likeness (QED) is 0.866. The number of nitriles is 1. The van der Waals surface area contributed by atoms with Crippen molar-refractivity contribution in [3.05, 3.63) is 29.6 Å². The molecular formula is C13H15FN2O2. The molecule has 1 saturated heterocycles. The van der Waals surface area contributed by atoms with Crippen molar-refractivity contribution in [1.29, 1.82) is 5.26 Å². The fraction of sp³-hybridized carbons (Fsp3) is 0.462.